The van der Waals surface area contributed by atoms with Gasteiger partial charge in [-0.3, -0.25) is 4.90 Å². The molecule has 0 radical (unpaired) electrons. The predicted octanol–water partition coefficient (Wildman–Crippen LogP) is 3.55. The lowest BCUT2D eigenvalue weighted by molar-refractivity contribution is 0.158. The van der Waals surface area contributed by atoms with Crippen LogP contribution < -0.4 is 5.32 Å². The first-order valence-electron chi connectivity index (χ1n) is 7.28. The number of nitrogens with zero attached hydrogens (tertiary/aromatic N) is 1. The molecule has 2 N–H and O–H groups in total. The van der Waals surface area contributed by atoms with Gasteiger partial charge in [-0.15, -0.1) is 0 Å². The SMILES string of the molecule is Oc1c(Br)ccc(Cl)c1[C@H](CC1CC1)N1CCNCC1. The van der Waals surface area contributed by atoms with Gasteiger partial charge in [-0.1, -0.05) is 24.4 Å². The zero-order valence-corrected chi connectivity index (χ0v) is 13.8. The van der Waals surface area contributed by atoms with E-state index in [-0.39, 0.29) is 6.04 Å². The molecule has 0 aromatic heterocycles. The molecule has 1 heterocycles. The maximum Gasteiger partial charge on any atom is 0.136 e. The van der Waals surface area contributed by atoms with Crippen molar-refractivity contribution in [1.82, 2.24) is 10.2 Å². The Labute approximate surface area is 133 Å². The minimum Gasteiger partial charge on any atom is -0.506 e. The molecule has 20 heavy (non-hydrogen) atoms. The monoisotopic (exact) mass is 358 g/mol. The summed E-state index contributed by atoms with van der Waals surface area (Å²) < 4.78 is 0.729. The molecule has 1 saturated carbocycles. The number of rotatable bonds is 4. The highest BCUT2D eigenvalue weighted by Gasteiger charge is 2.33. The zero-order chi connectivity index (χ0) is 14.1. The second-order valence-corrected chi connectivity index (χ2v) is 7.03. The van der Waals surface area contributed by atoms with Crippen molar-refractivity contribution >= 4 is 27.5 Å². The molecule has 0 amide bonds. The molecule has 0 unspecified atom stereocenters. The standard InChI is InChI=1S/C15H20BrClN2O/c16-11-3-4-12(17)14(15(11)20)13(9-10-1-2-10)19-7-5-18-6-8-19/h3-4,10,13,18,20H,1-2,5-9H2/t13-/m0/s1. The highest BCUT2D eigenvalue weighted by atomic mass is 79.9. The molecule has 1 aliphatic heterocycles. The normalized spacial score (nSPS) is 21.9. The van der Waals surface area contributed by atoms with Crippen molar-refractivity contribution in [3.8, 4) is 5.75 Å². The number of phenolic OH excluding ortho intramolecular Hbond substituents is 1. The van der Waals surface area contributed by atoms with Crippen molar-refractivity contribution in [2.24, 2.45) is 5.92 Å². The molecule has 110 valence electrons. The van der Waals surface area contributed by atoms with Crippen LogP contribution in [0.15, 0.2) is 16.6 Å². The molecule has 5 heteroatoms. The van der Waals surface area contributed by atoms with Crippen molar-refractivity contribution in [2.75, 3.05) is 26.2 Å². The average molecular weight is 360 g/mol. The minimum absolute atomic E-state index is 0.231. The molecule has 2 aliphatic rings. The molecular formula is C15H20BrClN2O. The van der Waals surface area contributed by atoms with E-state index in [0.29, 0.717) is 10.8 Å². The molecule has 3 nitrogen and oxygen atoms in total. The number of phenols is 1. The van der Waals surface area contributed by atoms with Crippen LogP contribution in [0.25, 0.3) is 0 Å². The first kappa shape index (κ1) is 14.6. The van der Waals surface area contributed by atoms with Crippen LogP contribution in [0.1, 0.15) is 30.9 Å². The molecule has 0 bridgehead atoms. The Hall–Kier alpha value is -0.290. The van der Waals surface area contributed by atoms with E-state index >= 15 is 0 Å². The summed E-state index contributed by atoms with van der Waals surface area (Å²) in [4.78, 5) is 2.46. The van der Waals surface area contributed by atoms with Crippen molar-refractivity contribution < 1.29 is 5.11 Å². The van der Waals surface area contributed by atoms with E-state index < -0.39 is 0 Å². The molecular weight excluding hydrogens is 340 g/mol. The lowest BCUT2D eigenvalue weighted by atomic mass is 9.97. The van der Waals surface area contributed by atoms with Gasteiger partial charge < -0.3 is 10.4 Å². The first-order chi connectivity index (χ1) is 9.66. The average Bonchev–Trinajstić information content (AvgIpc) is 3.27. The van der Waals surface area contributed by atoms with Crippen LogP contribution in [0.3, 0.4) is 0 Å². The highest BCUT2D eigenvalue weighted by Crippen LogP contribution is 2.46. The van der Waals surface area contributed by atoms with Crippen LogP contribution >= 0.6 is 27.5 Å². The van der Waals surface area contributed by atoms with Crippen LogP contribution in [0, 0.1) is 5.92 Å². The third-order valence-electron chi connectivity index (χ3n) is 4.29. The van der Waals surface area contributed by atoms with Crippen molar-refractivity contribution in [2.45, 2.75) is 25.3 Å². The van der Waals surface area contributed by atoms with Crippen molar-refractivity contribution in [3.05, 3.63) is 27.2 Å². The number of halogens is 2. The number of piperazine rings is 1. The van der Waals surface area contributed by atoms with E-state index in [1.165, 1.54) is 12.8 Å². The van der Waals surface area contributed by atoms with Gasteiger partial charge in [0.25, 0.3) is 0 Å². The maximum absolute atomic E-state index is 10.4. The summed E-state index contributed by atoms with van der Waals surface area (Å²) in [6.07, 6.45) is 3.73. The fraction of sp³-hybridized carbons (Fsp3) is 0.600. The molecule has 1 aromatic rings. The highest BCUT2D eigenvalue weighted by molar-refractivity contribution is 9.10. The number of nitrogens with one attached hydrogen (secondary N) is 1. The van der Waals surface area contributed by atoms with E-state index in [9.17, 15) is 5.11 Å². The first-order valence-corrected chi connectivity index (χ1v) is 8.45. The zero-order valence-electron chi connectivity index (χ0n) is 11.4. The largest absolute Gasteiger partial charge is 0.506 e. The number of hydrogen-bond donors (Lipinski definition) is 2. The molecule has 1 saturated heterocycles. The Morgan fingerprint density at radius 2 is 2.05 bits per heavy atom. The Balaban J connectivity index is 1.93. The van der Waals surface area contributed by atoms with E-state index in [1.54, 1.807) is 0 Å². The Bertz CT molecular complexity index is 487. The molecule has 1 atom stereocenters. The summed E-state index contributed by atoms with van der Waals surface area (Å²) >= 11 is 9.81. The van der Waals surface area contributed by atoms with Crippen LogP contribution in [0.5, 0.6) is 5.75 Å². The topological polar surface area (TPSA) is 35.5 Å². The summed E-state index contributed by atoms with van der Waals surface area (Å²) in [5.41, 5.74) is 0.898. The second-order valence-electron chi connectivity index (χ2n) is 5.77. The van der Waals surface area contributed by atoms with Gasteiger partial charge in [-0.05, 0) is 40.4 Å². The van der Waals surface area contributed by atoms with Gasteiger partial charge in [0.15, 0.2) is 0 Å². The smallest absolute Gasteiger partial charge is 0.136 e. The number of benzene rings is 1. The van der Waals surface area contributed by atoms with Crippen molar-refractivity contribution in [1.29, 1.82) is 0 Å². The van der Waals surface area contributed by atoms with Gasteiger partial charge in [0, 0.05) is 42.8 Å². The number of hydrogen-bond acceptors (Lipinski definition) is 3. The summed E-state index contributed by atoms with van der Waals surface area (Å²) in [5.74, 6) is 1.10. The van der Waals surface area contributed by atoms with Crippen LogP contribution in [-0.2, 0) is 0 Å². The fourth-order valence-corrected chi connectivity index (χ4v) is 3.61. The second kappa shape index (κ2) is 6.22. The quantitative estimate of drug-likeness (QED) is 0.863. The molecule has 0 spiro atoms. The van der Waals surface area contributed by atoms with Gasteiger partial charge in [0.1, 0.15) is 5.75 Å². The Morgan fingerprint density at radius 3 is 2.70 bits per heavy atom. The lowest BCUT2D eigenvalue weighted by Gasteiger charge is -2.36. The van der Waals surface area contributed by atoms with Gasteiger partial charge in [0.2, 0.25) is 0 Å². The summed E-state index contributed by atoms with van der Waals surface area (Å²) in [6, 6.07) is 3.92. The molecule has 3 rings (SSSR count). The maximum atomic E-state index is 10.4. The van der Waals surface area contributed by atoms with E-state index in [4.69, 9.17) is 11.6 Å². The molecule has 1 aliphatic carbocycles. The predicted molar refractivity (Wildman–Crippen MR) is 85.3 cm³/mol. The van der Waals surface area contributed by atoms with Gasteiger partial charge >= 0.3 is 0 Å². The number of aromatic hydroxyl groups is 1. The van der Waals surface area contributed by atoms with E-state index in [1.807, 2.05) is 12.1 Å². The molecule has 2 fully saturated rings. The van der Waals surface area contributed by atoms with E-state index in [2.05, 4.69) is 26.1 Å². The van der Waals surface area contributed by atoms with Gasteiger partial charge in [-0.2, -0.15) is 0 Å². The summed E-state index contributed by atoms with van der Waals surface area (Å²) in [7, 11) is 0. The van der Waals surface area contributed by atoms with Gasteiger partial charge in [-0.25, -0.2) is 0 Å². The van der Waals surface area contributed by atoms with Crippen LogP contribution in [-0.4, -0.2) is 36.2 Å². The van der Waals surface area contributed by atoms with Crippen LogP contribution in [0.4, 0.5) is 0 Å². The van der Waals surface area contributed by atoms with Gasteiger partial charge in [0.05, 0.1) is 4.47 Å². The summed E-state index contributed by atoms with van der Waals surface area (Å²) in [6.45, 7) is 4.04. The fourth-order valence-electron chi connectivity index (χ4n) is 2.99. The minimum atomic E-state index is 0.231. The molecule has 1 aromatic carbocycles. The third-order valence-corrected chi connectivity index (χ3v) is 5.26. The van der Waals surface area contributed by atoms with Crippen LogP contribution in [0.2, 0.25) is 5.02 Å². The van der Waals surface area contributed by atoms with Crippen molar-refractivity contribution in [3.63, 3.8) is 0 Å². The van der Waals surface area contributed by atoms with E-state index in [0.717, 1.165) is 48.6 Å². The third kappa shape index (κ3) is 3.14. The summed E-state index contributed by atoms with van der Waals surface area (Å²) in [5, 5.41) is 14.5. The Kier molecular flexibility index (Phi) is 4.55. The lowest BCUT2D eigenvalue weighted by Crippen LogP contribution is -2.45. The Morgan fingerprint density at radius 1 is 1.35 bits per heavy atom.